The summed E-state index contributed by atoms with van der Waals surface area (Å²) in [4.78, 5) is 12.5. The van der Waals surface area contributed by atoms with Gasteiger partial charge in [0.2, 0.25) is 0 Å². The van der Waals surface area contributed by atoms with Crippen molar-refractivity contribution in [1.82, 2.24) is 0 Å². The quantitative estimate of drug-likeness (QED) is 0.104. The zero-order chi connectivity index (χ0) is 34.1. The number of aromatic hydroxyl groups is 1. The van der Waals surface area contributed by atoms with E-state index < -0.39 is 123 Å². The molecule has 0 aromatic heterocycles. The van der Waals surface area contributed by atoms with Crippen LogP contribution in [-0.2, 0) is 34.9 Å². The molecule has 262 valence electrons. The van der Waals surface area contributed by atoms with E-state index in [1.807, 2.05) is 0 Å². The van der Waals surface area contributed by atoms with Gasteiger partial charge in [0.15, 0.2) is 18.9 Å². The molecule has 19 nitrogen and oxygen atoms in total. The van der Waals surface area contributed by atoms with E-state index in [1.165, 1.54) is 24.3 Å². The number of rotatable bonds is 11. The fourth-order valence-electron chi connectivity index (χ4n) is 5.97. The highest BCUT2D eigenvalue weighted by atomic mass is 16.7. The highest BCUT2D eigenvalue weighted by Crippen LogP contribution is 2.39. The van der Waals surface area contributed by atoms with Crippen molar-refractivity contribution in [2.75, 3.05) is 19.8 Å². The van der Waals surface area contributed by atoms with Crippen molar-refractivity contribution in [3.63, 3.8) is 0 Å². The van der Waals surface area contributed by atoms with Crippen LogP contribution >= 0.6 is 0 Å². The van der Waals surface area contributed by atoms with Crippen LogP contribution in [0, 0.1) is 5.92 Å². The van der Waals surface area contributed by atoms with E-state index in [4.69, 9.17) is 40.9 Å². The van der Waals surface area contributed by atoms with Gasteiger partial charge in [-0.25, -0.2) is 0 Å². The Balaban J connectivity index is 1.56. The van der Waals surface area contributed by atoms with Gasteiger partial charge in [-0.2, -0.15) is 0 Å². The lowest BCUT2D eigenvalue weighted by Gasteiger charge is -2.52. The van der Waals surface area contributed by atoms with E-state index in [1.54, 1.807) is 0 Å². The van der Waals surface area contributed by atoms with Crippen LogP contribution in [0.2, 0.25) is 0 Å². The van der Waals surface area contributed by atoms with Gasteiger partial charge in [-0.05, 0) is 24.1 Å². The molecule has 0 spiro atoms. The molecule has 1 aromatic carbocycles. The molecule has 0 amide bonds. The van der Waals surface area contributed by atoms with Crippen molar-refractivity contribution in [1.29, 1.82) is 0 Å². The average molecular weight is 666 g/mol. The largest absolute Gasteiger partial charge is 0.508 e. The van der Waals surface area contributed by atoms with Crippen molar-refractivity contribution in [3.05, 3.63) is 29.8 Å². The first-order chi connectivity index (χ1) is 21.7. The van der Waals surface area contributed by atoms with Gasteiger partial charge < -0.3 is 92.0 Å². The van der Waals surface area contributed by atoms with Gasteiger partial charge in [0, 0.05) is 0 Å². The average Bonchev–Trinajstić information content (AvgIpc) is 3.04. The SMILES string of the molecule is N[C@H]1[C@@H](OC2[C@@H](CO)O[C@@H](OC3[C@@H](CO)O[C@@H](O)[C@H](N)[C@H]3O)[C@H](N)[C@H]2O)O[C@@](CO)(C(Cc2ccc(O)cc2)C(=O)O)[C@@H](O)[C@@H]1O. The van der Waals surface area contributed by atoms with Crippen molar-refractivity contribution in [3.8, 4) is 5.75 Å². The third-order valence-corrected chi connectivity index (χ3v) is 8.78. The number of phenols is 1. The molecule has 0 bridgehead atoms. The van der Waals surface area contributed by atoms with Crippen molar-refractivity contribution in [2.24, 2.45) is 23.1 Å². The van der Waals surface area contributed by atoms with Crippen LogP contribution in [0.25, 0.3) is 0 Å². The number of aliphatic hydroxyl groups excluding tert-OH is 8. The molecule has 3 aliphatic rings. The molecule has 1 aromatic rings. The number of aliphatic hydroxyl groups is 8. The Bertz CT molecular complexity index is 1150. The zero-order valence-electron chi connectivity index (χ0n) is 24.5. The van der Waals surface area contributed by atoms with Crippen LogP contribution in [0.3, 0.4) is 0 Å². The van der Waals surface area contributed by atoms with E-state index in [2.05, 4.69) is 0 Å². The van der Waals surface area contributed by atoms with Crippen LogP contribution in [0.4, 0.5) is 0 Å². The number of carbonyl (C=O) groups is 1. The summed E-state index contributed by atoms with van der Waals surface area (Å²) in [6.45, 7) is -2.69. The fraction of sp³-hybridized carbons (Fsp3) is 0.741. The van der Waals surface area contributed by atoms with Crippen molar-refractivity contribution < 1.29 is 79.5 Å². The zero-order valence-corrected chi connectivity index (χ0v) is 24.5. The normalized spacial score (nSPS) is 44.1. The Morgan fingerprint density at radius 1 is 0.804 bits per heavy atom. The molecule has 3 saturated heterocycles. The summed E-state index contributed by atoms with van der Waals surface area (Å²) < 4.78 is 28.3. The summed E-state index contributed by atoms with van der Waals surface area (Å²) in [5, 5.41) is 103. The van der Waals surface area contributed by atoms with Crippen LogP contribution < -0.4 is 17.2 Å². The number of aliphatic carboxylic acids is 1. The number of nitrogens with two attached hydrogens (primary N) is 3. The van der Waals surface area contributed by atoms with E-state index in [-0.39, 0.29) is 12.2 Å². The minimum absolute atomic E-state index is 0.0901. The maximum Gasteiger partial charge on any atom is 0.309 e. The third-order valence-electron chi connectivity index (χ3n) is 8.78. The molecule has 0 saturated carbocycles. The monoisotopic (exact) mass is 665 g/mol. The second kappa shape index (κ2) is 15.0. The molecule has 3 fully saturated rings. The Hall–Kier alpha value is -2.15. The number of ether oxygens (including phenoxy) is 5. The Morgan fingerprint density at radius 3 is 1.87 bits per heavy atom. The van der Waals surface area contributed by atoms with Crippen LogP contribution in [-0.4, -0.2) is 168 Å². The molecule has 3 aliphatic heterocycles. The lowest BCUT2D eigenvalue weighted by Crippen LogP contribution is -2.73. The van der Waals surface area contributed by atoms with E-state index in [9.17, 15) is 55.9 Å². The second-order valence-corrected chi connectivity index (χ2v) is 11.7. The van der Waals surface area contributed by atoms with Crippen LogP contribution in [0.5, 0.6) is 5.75 Å². The number of phenolic OH excluding ortho intramolecular Hbond substituents is 1. The highest BCUT2D eigenvalue weighted by molar-refractivity contribution is 5.72. The van der Waals surface area contributed by atoms with Gasteiger partial charge in [0.1, 0.15) is 60.2 Å². The predicted molar refractivity (Wildman–Crippen MR) is 149 cm³/mol. The smallest absolute Gasteiger partial charge is 0.309 e. The van der Waals surface area contributed by atoms with Crippen molar-refractivity contribution >= 4 is 5.97 Å². The van der Waals surface area contributed by atoms with Crippen LogP contribution in [0.1, 0.15) is 5.56 Å². The fourth-order valence-corrected chi connectivity index (χ4v) is 5.97. The number of carboxylic acids is 1. The van der Waals surface area contributed by atoms with Gasteiger partial charge in [-0.3, -0.25) is 4.79 Å². The summed E-state index contributed by atoms with van der Waals surface area (Å²) in [7, 11) is 0. The molecule has 3 heterocycles. The van der Waals surface area contributed by atoms with Gasteiger partial charge in [0.25, 0.3) is 0 Å². The summed E-state index contributed by atoms with van der Waals surface area (Å²) in [6, 6.07) is 1.03. The minimum atomic E-state index is -2.41. The third kappa shape index (κ3) is 7.00. The molecule has 46 heavy (non-hydrogen) atoms. The molecule has 4 rings (SSSR count). The maximum atomic E-state index is 12.5. The Labute approximate surface area is 262 Å². The van der Waals surface area contributed by atoms with E-state index in [0.29, 0.717) is 5.56 Å². The van der Waals surface area contributed by atoms with Gasteiger partial charge in [-0.1, -0.05) is 12.1 Å². The maximum absolute atomic E-state index is 12.5. The first kappa shape index (κ1) is 36.7. The molecular weight excluding hydrogens is 622 g/mol. The molecular formula is C27H43N3O16. The topological polar surface area (TPSA) is 344 Å². The molecule has 3 unspecified atom stereocenters. The van der Waals surface area contributed by atoms with E-state index >= 15 is 0 Å². The summed E-state index contributed by atoms with van der Waals surface area (Å²) in [5.41, 5.74) is 16.0. The second-order valence-electron chi connectivity index (χ2n) is 11.7. The molecule has 0 aliphatic carbocycles. The number of benzene rings is 1. The summed E-state index contributed by atoms with van der Waals surface area (Å²) >= 11 is 0. The van der Waals surface area contributed by atoms with Gasteiger partial charge >= 0.3 is 5.97 Å². The first-order valence-electron chi connectivity index (χ1n) is 14.5. The molecule has 16 N–H and O–H groups in total. The van der Waals surface area contributed by atoms with Crippen molar-refractivity contribution in [2.45, 2.75) is 97.8 Å². The lowest BCUT2D eigenvalue weighted by atomic mass is 9.74. The number of hydrogen-bond acceptors (Lipinski definition) is 18. The predicted octanol–water partition coefficient (Wildman–Crippen LogP) is -6.65. The molecule has 16 atom stereocenters. The Morgan fingerprint density at radius 2 is 1.33 bits per heavy atom. The van der Waals surface area contributed by atoms with Gasteiger partial charge in [-0.15, -0.1) is 0 Å². The molecule has 19 heteroatoms. The summed E-state index contributed by atoms with van der Waals surface area (Å²) in [5.74, 6) is -3.33. The minimum Gasteiger partial charge on any atom is -0.508 e. The number of carboxylic acid groups (broad SMARTS) is 1. The molecule has 0 radical (unpaired) electrons. The first-order valence-corrected chi connectivity index (χ1v) is 14.5. The highest BCUT2D eigenvalue weighted by Gasteiger charge is 2.60. The standard InChI is InChI=1S/C27H43N3O16/c28-14-17(35)20(12(6-31)42-24(14)41)44-25-15(29)18(36)21(13(7-32)43-25)45-26-16(30)19(37)22(38)27(8-33,46-26)11(23(39)40)5-9-1-3-10(34)4-2-9/h1-4,11-22,24-26,31-38,41H,5-8,28-30H2,(H,39,40)/t11?,12-,13-,14-,15-,16-,17-,18-,19-,20?,21?,22+,24-,25+,26+,27+/m1/s1. The lowest BCUT2D eigenvalue weighted by molar-refractivity contribution is -0.365. The Kier molecular flexibility index (Phi) is 11.9. The summed E-state index contributed by atoms with van der Waals surface area (Å²) in [6.07, 6.45) is -18.4. The van der Waals surface area contributed by atoms with E-state index in [0.717, 1.165) is 0 Å². The van der Waals surface area contributed by atoms with Gasteiger partial charge in [0.05, 0.1) is 43.9 Å². The number of hydrogen-bond donors (Lipinski definition) is 13. The van der Waals surface area contributed by atoms with Crippen LogP contribution in [0.15, 0.2) is 24.3 Å².